The molecule has 2 heterocycles. The Morgan fingerprint density at radius 3 is 2.53 bits per heavy atom. The van der Waals surface area contributed by atoms with Gasteiger partial charge in [-0.05, 0) is 60.6 Å². The van der Waals surface area contributed by atoms with Crippen molar-refractivity contribution in [2.75, 3.05) is 7.05 Å². The van der Waals surface area contributed by atoms with Crippen LogP contribution in [0.15, 0.2) is 102 Å². The lowest BCUT2D eigenvalue weighted by Crippen LogP contribution is -2.24. The maximum Gasteiger partial charge on any atom is 0.149 e. The molecule has 4 rings (SSSR count). The van der Waals surface area contributed by atoms with Crippen molar-refractivity contribution < 1.29 is 4.39 Å². The molecule has 2 aliphatic heterocycles. The van der Waals surface area contributed by atoms with Crippen LogP contribution in [0, 0.1) is 13.8 Å². The summed E-state index contributed by atoms with van der Waals surface area (Å²) in [6.07, 6.45) is 7.24. The molecule has 0 atom stereocenters. The summed E-state index contributed by atoms with van der Waals surface area (Å²) in [6, 6.07) is 15.1. The number of nitrogens with zero attached hydrogens (tertiary/aromatic N) is 1. The average Bonchev–Trinajstić information content (AvgIpc) is 2.79. The van der Waals surface area contributed by atoms with Gasteiger partial charge in [0.25, 0.3) is 0 Å². The summed E-state index contributed by atoms with van der Waals surface area (Å²) in [5.74, 6) is -0.294. The monoisotopic (exact) mass is 424 g/mol. The van der Waals surface area contributed by atoms with Crippen LogP contribution in [-0.2, 0) is 0 Å². The van der Waals surface area contributed by atoms with E-state index in [1.807, 2.05) is 11.0 Å². The molecule has 2 nitrogen and oxygen atoms in total. The van der Waals surface area contributed by atoms with Crippen LogP contribution in [-0.4, -0.2) is 11.9 Å². The summed E-state index contributed by atoms with van der Waals surface area (Å²) < 4.78 is 15.1. The van der Waals surface area contributed by atoms with Gasteiger partial charge in [-0.3, -0.25) is 0 Å². The highest BCUT2D eigenvalue weighted by Crippen LogP contribution is 2.42. The molecule has 3 heteroatoms. The Morgan fingerprint density at radius 2 is 1.88 bits per heavy atom. The van der Waals surface area contributed by atoms with E-state index in [0.717, 1.165) is 24.2 Å². The van der Waals surface area contributed by atoms with Crippen molar-refractivity contribution in [1.29, 1.82) is 0 Å². The lowest BCUT2D eigenvalue weighted by atomic mass is 9.87. The zero-order valence-electron chi connectivity index (χ0n) is 19.2. The van der Waals surface area contributed by atoms with Crippen LogP contribution in [0.1, 0.15) is 36.5 Å². The molecule has 1 N–H and O–H groups in total. The number of rotatable bonds is 5. The number of likely N-dealkylation sites (N-methyl/N-ethyl adjacent to an activating group) is 1. The first-order valence-corrected chi connectivity index (χ1v) is 11.0. The van der Waals surface area contributed by atoms with Crippen molar-refractivity contribution in [2.45, 2.75) is 33.6 Å². The van der Waals surface area contributed by atoms with Crippen LogP contribution in [0.5, 0.6) is 0 Å². The predicted molar refractivity (Wildman–Crippen MR) is 132 cm³/mol. The van der Waals surface area contributed by atoms with Gasteiger partial charge in [0.15, 0.2) is 0 Å². The van der Waals surface area contributed by atoms with Gasteiger partial charge in [0.2, 0.25) is 0 Å². The maximum absolute atomic E-state index is 15.1. The van der Waals surface area contributed by atoms with Crippen molar-refractivity contribution in [3.05, 3.63) is 118 Å². The molecular weight excluding hydrogens is 395 g/mol. The molecule has 0 saturated carbocycles. The fraction of sp³-hybridized carbons (Fsp3) is 0.207. The van der Waals surface area contributed by atoms with Crippen molar-refractivity contribution in [2.24, 2.45) is 0 Å². The minimum absolute atomic E-state index is 0.294. The number of halogens is 1. The molecule has 162 valence electrons. The normalized spacial score (nSPS) is 15.4. The van der Waals surface area contributed by atoms with Gasteiger partial charge < -0.3 is 10.2 Å². The highest BCUT2D eigenvalue weighted by atomic mass is 19.1. The topological polar surface area (TPSA) is 15.3 Å². The minimum Gasteiger partial charge on any atom is -0.381 e. The van der Waals surface area contributed by atoms with E-state index >= 15 is 4.39 Å². The maximum atomic E-state index is 15.1. The summed E-state index contributed by atoms with van der Waals surface area (Å²) in [6.45, 7) is 10.1. The number of hydrogen-bond acceptors (Lipinski definition) is 2. The van der Waals surface area contributed by atoms with E-state index in [1.54, 1.807) is 13.2 Å². The number of nitrogens with one attached hydrogen (secondary N) is 1. The van der Waals surface area contributed by atoms with E-state index < -0.39 is 0 Å². The number of aryl methyl sites for hydroxylation is 2. The Morgan fingerprint density at radius 1 is 1.12 bits per heavy atom. The first-order valence-electron chi connectivity index (χ1n) is 11.0. The lowest BCUT2D eigenvalue weighted by molar-refractivity contribution is 0.512. The summed E-state index contributed by atoms with van der Waals surface area (Å²) in [5.41, 5.74) is 13.4. The van der Waals surface area contributed by atoms with Crippen LogP contribution in [0.4, 0.5) is 4.39 Å². The second-order valence-electron chi connectivity index (χ2n) is 8.18. The van der Waals surface area contributed by atoms with E-state index in [2.05, 4.69) is 86.9 Å². The first kappa shape index (κ1) is 21.7. The third-order valence-electron chi connectivity index (χ3n) is 6.18. The van der Waals surface area contributed by atoms with Crippen LogP contribution in [0.25, 0.3) is 16.7 Å². The number of benzene rings is 2. The largest absolute Gasteiger partial charge is 0.381 e. The fourth-order valence-corrected chi connectivity index (χ4v) is 4.66. The summed E-state index contributed by atoms with van der Waals surface area (Å²) in [7, 11) is 1.75. The molecule has 0 aromatic heterocycles. The zero-order chi connectivity index (χ0) is 22.8. The van der Waals surface area contributed by atoms with Gasteiger partial charge in [0.1, 0.15) is 5.83 Å². The zero-order valence-corrected chi connectivity index (χ0v) is 19.2. The molecule has 0 aliphatic carbocycles. The quantitative estimate of drug-likeness (QED) is 0.506. The molecule has 0 bridgehead atoms. The van der Waals surface area contributed by atoms with E-state index in [1.165, 1.54) is 33.4 Å². The molecule has 0 unspecified atom stereocenters. The van der Waals surface area contributed by atoms with Gasteiger partial charge in [-0.25, -0.2) is 4.39 Å². The highest BCUT2D eigenvalue weighted by Gasteiger charge is 2.27. The predicted octanol–water partition coefficient (Wildman–Crippen LogP) is 7.32. The van der Waals surface area contributed by atoms with Crippen molar-refractivity contribution in [3.63, 3.8) is 0 Å². The van der Waals surface area contributed by atoms with E-state index in [0.29, 0.717) is 11.3 Å². The van der Waals surface area contributed by atoms with Crippen LogP contribution in [0.2, 0.25) is 0 Å². The van der Waals surface area contributed by atoms with Crippen molar-refractivity contribution in [1.82, 2.24) is 10.2 Å². The average molecular weight is 425 g/mol. The summed E-state index contributed by atoms with van der Waals surface area (Å²) in [4.78, 5) is 1.99. The molecule has 0 spiro atoms. The fourth-order valence-electron chi connectivity index (χ4n) is 4.66. The van der Waals surface area contributed by atoms with Crippen LogP contribution >= 0.6 is 0 Å². The molecule has 0 fully saturated rings. The van der Waals surface area contributed by atoms with Gasteiger partial charge >= 0.3 is 0 Å². The Hall–Kier alpha value is -3.55. The van der Waals surface area contributed by atoms with Gasteiger partial charge in [-0.15, -0.1) is 5.73 Å². The third-order valence-corrected chi connectivity index (χ3v) is 6.18. The van der Waals surface area contributed by atoms with Gasteiger partial charge in [0, 0.05) is 30.2 Å². The smallest absolute Gasteiger partial charge is 0.149 e. The minimum atomic E-state index is -0.294. The highest BCUT2D eigenvalue weighted by molar-refractivity contribution is 5.85. The molecule has 0 saturated heterocycles. The lowest BCUT2D eigenvalue weighted by Gasteiger charge is -2.34. The first-order chi connectivity index (χ1) is 15.5. The standard InChI is InChI=1S/C29H29FN2/c1-6-28(31-5)26-17-21-13-15-25(29(7-2)32(21)18-27(26)30)24-11-9-8-10-23(24)22-14-12-19(3)16-20(22)4/h8-14,16-18,31H,1,7,15H2,2-5H3. The number of fused-ring (bicyclic) bond motifs is 1. The molecule has 0 radical (unpaired) electrons. The Balaban J connectivity index is 1.83. The Bertz CT molecular complexity index is 1250. The van der Waals surface area contributed by atoms with E-state index in [9.17, 15) is 0 Å². The van der Waals surface area contributed by atoms with Crippen LogP contribution < -0.4 is 5.32 Å². The molecule has 2 aromatic rings. The second kappa shape index (κ2) is 8.90. The summed E-state index contributed by atoms with van der Waals surface area (Å²) >= 11 is 0. The second-order valence-corrected chi connectivity index (χ2v) is 8.18. The molecule has 32 heavy (non-hydrogen) atoms. The van der Waals surface area contributed by atoms with E-state index in [-0.39, 0.29) is 5.83 Å². The van der Waals surface area contributed by atoms with Gasteiger partial charge in [-0.1, -0.05) is 67.6 Å². The SMILES string of the molecule is C=C=C(NC)C1=CC2=CCC(c3ccccc3-c3ccc(C)cc3C)=C(CC)N2C=C1F. The Kier molecular flexibility index (Phi) is 6.03. The molecular formula is C29H29FN2. The molecule has 2 aromatic carbocycles. The van der Waals surface area contributed by atoms with Crippen LogP contribution in [0.3, 0.4) is 0 Å². The third kappa shape index (κ3) is 3.77. The van der Waals surface area contributed by atoms with Crippen molar-refractivity contribution in [3.8, 4) is 11.1 Å². The van der Waals surface area contributed by atoms with E-state index in [4.69, 9.17) is 0 Å². The molecule has 2 aliphatic rings. The number of allylic oxidation sites excluding steroid dienone is 5. The Labute approximate surface area is 190 Å². The number of hydrogen-bond donors (Lipinski definition) is 1. The molecule has 0 amide bonds. The van der Waals surface area contributed by atoms with Gasteiger partial charge in [0.05, 0.1) is 5.70 Å². The summed E-state index contributed by atoms with van der Waals surface area (Å²) in [5, 5.41) is 2.98. The van der Waals surface area contributed by atoms with Gasteiger partial charge in [-0.2, -0.15) is 0 Å². The van der Waals surface area contributed by atoms with Crippen molar-refractivity contribution >= 4 is 5.57 Å².